The summed E-state index contributed by atoms with van der Waals surface area (Å²) in [5.41, 5.74) is 0. The molecule has 0 aliphatic rings. The largest absolute Gasteiger partial charge is 0.402 e. The molecule has 0 aromatic heterocycles. The molecule has 0 aromatic rings. The van der Waals surface area contributed by atoms with Crippen LogP contribution in [0.3, 0.4) is 0 Å². The van der Waals surface area contributed by atoms with E-state index in [1.807, 2.05) is 0 Å². The molecule has 0 amide bonds. The molecule has 0 bridgehead atoms. The molecular formula is C4H14O3Si. The van der Waals surface area contributed by atoms with Crippen molar-refractivity contribution in [2.75, 3.05) is 20.8 Å². The number of hydrogen-bond donors (Lipinski definition) is 1. The predicted molar refractivity (Wildman–Crippen MR) is 35.3 cm³/mol. The zero-order chi connectivity index (χ0) is 6.83. The summed E-state index contributed by atoms with van der Waals surface area (Å²) in [6, 6.07) is 0. The zero-order valence-corrected chi connectivity index (χ0v) is 7.09. The molecule has 1 N–H and O–H groups in total. The molecule has 4 heteroatoms. The molecule has 0 aliphatic heterocycles. The zero-order valence-electron chi connectivity index (χ0n) is 5.68. The smallest absolute Gasteiger partial charge is 0.303 e. The Hall–Kier alpha value is 0.0969. The third-order valence-corrected chi connectivity index (χ3v) is 0.707. The SMILES string of the molecule is CCO.CO[SiH2]OC. The normalized spacial score (nSPS) is 7.50. The van der Waals surface area contributed by atoms with Crippen LogP contribution in [0.2, 0.25) is 0 Å². The van der Waals surface area contributed by atoms with E-state index < -0.39 is 10.0 Å². The van der Waals surface area contributed by atoms with Crippen LogP contribution in [0.5, 0.6) is 0 Å². The quantitative estimate of drug-likeness (QED) is 0.512. The first-order chi connectivity index (χ1) is 3.83. The van der Waals surface area contributed by atoms with Gasteiger partial charge in [0.25, 0.3) is 0 Å². The first kappa shape index (κ1) is 11.0. The van der Waals surface area contributed by atoms with E-state index >= 15 is 0 Å². The predicted octanol–water partition coefficient (Wildman–Crippen LogP) is -0.723. The summed E-state index contributed by atoms with van der Waals surface area (Å²) in [6.45, 7) is 1.93. The van der Waals surface area contributed by atoms with Gasteiger partial charge in [0.2, 0.25) is 0 Å². The molecule has 0 spiro atoms. The average Bonchev–Trinajstić information content (AvgIpc) is 1.71. The summed E-state index contributed by atoms with van der Waals surface area (Å²) in [5.74, 6) is 0. The van der Waals surface area contributed by atoms with Gasteiger partial charge in [0, 0.05) is 20.8 Å². The van der Waals surface area contributed by atoms with Crippen LogP contribution in [0.4, 0.5) is 0 Å². The summed E-state index contributed by atoms with van der Waals surface area (Å²) in [5, 5.41) is 7.57. The lowest BCUT2D eigenvalue weighted by Gasteiger charge is -1.86. The molecule has 0 radical (unpaired) electrons. The minimum Gasteiger partial charge on any atom is -0.402 e. The van der Waals surface area contributed by atoms with Crippen LogP contribution in [0, 0.1) is 0 Å². The summed E-state index contributed by atoms with van der Waals surface area (Å²) in [4.78, 5) is 0. The molecule has 0 fully saturated rings. The van der Waals surface area contributed by atoms with E-state index in [2.05, 4.69) is 8.85 Å². The summed E-state index contributed by atoms with van der Waals surface area (Å²) >= 11 is 0. The lowest BCUT2D eigenvalue weighted by molar-refractivity contribution is 0.309. The first-order valence-corrected chi connectivity index (χ1v) is 3.57. The molecule has 0 rings (SSSR count). The second-order valence-corrected chi connectivity index (χ2v) is 2.40. The van der Waals surface area contributed by atoms with Crippen molar-refractivity contribution in [3.63, 3.8) is 0 Å². The molecule has 8 heavy (non-hydrogen) atoms. The Bertz CT molecular complexity index is 25.2. The van der Waals surface area contributed by atoms with Crippen molar-refractivity contribution in [2.45, 2.75) is 6.92 Å². The van der Waals surface area contributed by atoms with Gasteiger partial charge in [-0.3, -0.25) is 0 Å². The second kappa shape index (κ2) is 15.7. The highest BCUT2D eigenvalue weighted by molar-refractivity contribution is 6.17. The lowest BCUT2D eigenvalue weighted by Crippen LogP contribution is -1.93. The fourth-order valence-electron chi connectivity index (χ4n) is 0.118. The van der Waals surface area contributed by atoms with Gasteiger partial charge in [0.1, 0.15) is 0 Å². The maximum absolute atomic E-state index is 7.57. The molecule has 0 heterocycles. The molecule has 0 aliphatic carbocycles. The maximum atomic E-state index is 7.57. The van der Waals surface area contributed by atoms with Crippen LogP contribution >= 0.6 is 0 Å². The van der Waals surface area contributed by atoms with Crippen LogP contribution < -0.4 is 0 Å². The summed E-state index contributed by atoms with van der Waals surface area (Å²) < 4.78 is 9.22. The van der Waals surface area contributed by atoms with Gasteiger partial charge in [-0.05, 0) is 6.92 Å². The summed E-state index contributed by atoms with van der Waals surface area (Å²) in [6.07, 6.45) is 0. The van der Waals surface area contributed by atoms with Gasteiger partial charge in [0.05, 0.1) is 0 Å². The Labute approximate surface area is 52.7 Å². The topological polar surface area (TPSA) is 38.7 Å². The fourth-order valence-corrected chi connectivity index (χ4v) is 0.354. The van der Waals surface area contributed by atoms with Crippen molar-refractivity contribution in [1.82, 2.24) is 0 Å². The number of aliphatic hydroxyl groups is 1. The minimum atomic E-state index is -0.568. The number of aliphatic hydroxyl groups excluding tert-OH is 1. The Morgan fingerprint density at radius 1 is 1.38 bits per heavy atom. The van der Waals surface area contributed by atoms with Crippen molar-refractivity contribution in [2.24, 2.45) is 0 Å². The highest BCUT2D eigenvalue weighted by Crippen LogP contribution is 1.55. The van der Waals surface area contributed by atoms with Gasteiger partial charge in [-0.15, -0.1) is 0 Å². The van der Waals surface area contributed by atoms with Crippen LogP contribution in [0.1, 0.15) is 6.92 Å². The Morgan fingerprint density at radius 3 is 1.62 bits per heavy atom. The molecule has 3 nitrogen and oxygen atoms in total. The van der Waals surface area contributed by atoms with Crippen LogP contribution in [-0.2, 0) is 8.85 Å². The number of hydrogen-bond acceptors (Lipinski definition) is 3. The molecule has 52 valence electrons. The van der Waals surface area contributed by atoms with Crippen molar-refractivity contribution >= 4 is 10.0 Å². The molecule has 0 saturated heterocycles. The average molecular weight is 138 g/mol. The monoisotopic (exact) mass is 138 g/mol. The van der Waals surface area contributed by atoms with Gasteiger partial charge in [-0.1, -0.05) is 0 Å². The maximum Gasteiger partial charge on any atom is 0.303 e. The third kappa shape index (κ3) is 36.0. The van der Waals surface area contributed by atoms with Crippen LogP contribution in [-0.4, -0.2) is 35.9 Å². The van der Waals surface area contributed by atoms with Crippen molar-refractivity contribution in [1.29, 1.82) is 0 Å². The Balaban J connectivity index is 0. The van der Waals surface area contributed by atoms with E-state index in [0.29, 0.717) is 0 Å². The highest BCUT2D eigenvalue weighted by atomic mass is 28.3. The second-order valence-electron chi connectivity index (χ2n) is 1.01. The third-order valence-electron chi connectivity index (χ3n) is 0.236. The fraction of sp³-hybridized carbons (Fsp3) is 1.00. The molecule has 0 unspecified atom stereocenters. The van der Waals surface area contributed by atoms with Gasteiger partial charge < -0.3 is 14.0 Å². The molecule has 0 atom stereocenters. The van der Waals surface area contributed by atoms with Crippen LogP contribution in [0.25, 0.3) is 0 Å². The van der Waals surface area contributed by atoms with Crippen molar-refractivity contribution in [3.8, 4) is 0 Å². The van der Waals surface area contributed by atoms with Gasteiger partial charge >= 0.3 is 10.0 Å². The van der Waals surface area contributed by atoms with Crippen LogP contribution in [0.15, 0.2) is 0 Å². The van der Waals surface area contributed by atoms with Crippen molar-refractivity contribution < 1.29 is 14.0 Å². The van der Waals surface area contributed by atoms with Crippen molar-refractivity contribution in [3.05, 3.63) is 0 Å². The van der Waals surface area contributed by atoms with E-state index in [4.69, 9.17) is 5.11 Å². The van der Waals surface area contributed by atoms with Gasteiger partial charge in [-0.25, -0.2) is 0 Å². The van der Waals surface area contributed by atoms with E-state index in [1.54, 1.807) is 21.1 Å². The minimum absolute atomic E-state index is 0.250. The lowest BCUT2D eigenvalue weighted by atomic mass is 10.9. The van der Waals surface area contributed by atoms with E-state index in [-0.39, 0.29) is 6.61 Å². The van der Waals surface area contributed by atoms with Gasteiger partial charge in [0.15, 0.2) is 0 Å². The van der Waals surface area contributed by atoms with E-state index in [9.17, 15) is 0 Å². The number of rotatable bonds is 2. The summed E-state index contributed by atoms with van der Waals surface area (Å²) in [7, 11) is 2.73. The molecule has 0 aromatic carbocycles. The van der Waals surface area contributed by atoms with E-state index in [1.165, 1.54) is 0 Å². The Morgan fingerprint density at radius 2 is 1.62 bits per heavy atom. The molecule has 0 saturated carbocycles. The highest BCUT2D eigenvalue weighted by Gasteiger charge is 1.67. The first-order valence-electron chi connectivity index (χ1n) is 2.42. The van der Waals surface area contributed by atoms with Gasteiger partial charge in [-0.2, -0.15) is 0 Å². The standard InChI is InChI=1S/C2H8O2Si.C2H6O/c1-3-5-4-2;1-2-3/h5H2,1-2H3;3H,2H2,1H3. The Kier molecular flexibility index (Phi) is 21.6. The molecular weight excluding hydrogens is 124 g/mol. The van der Waals surface area contributed by atoms with E-state index in [0.717, 1.165) is 0 Å².